The minimum atomic E-state index is -0.331. The first kappa shape index (κ1) is 17.5. The van der Waals surface area contributed by atoms with E-state index in [-0.39, 0.29) is 5.91 Å². The van der Waals surface area contributed by atoms with Crippen molar-refractivity contribution in [2.45, 2.75) is 0 Å². The number of aromatic nitrogens is 3. The van der Waals surface area contributed by atoms with E-state index in [9.17, 15) is 4.79 Å². The van der Waals surface area contributed by atoms with Crippen LogP contribution in [0.3, 0.4) is 0 Å². The van der Waals surface area contributed by atoms with Gasteiger partial charge in [-0.15, -0.1) is 0 Å². The molecule has 0 saturated heterocycles. The van der Waals surface area contributed by atoms with Gasteiger partial charge in [-0.3, -0.25) is 9.48 Å². The van der Waals surface area contributed by atoms with Crippen molar-refractivity contribution >= 4 is 45.8 Å². The van der Waals surface area contributed by atoms with E-state index in [1.807, 2.05) is 30.3 Å². The number of benzene rings is 2. The number of anilines is 1. The lowest BCUT2D eigenvalue weighted by Gasteiger charge is -2.11. The van der Waals surface area contributed by atoms with Crippen molar-refractivity contribution in [3.05, 3.63) is 76.4 Å². The van der Waals surface area contributed by atoms with Crippen LogP contribution in [-0.2, 0) is 7.05 Å². The number of nitrogens with zero attached hydrogens (tertiary/aromatic N) is 3. The van der Waals surface area contributed by atoms with Crippen molar-refractivity contribution in [1.82, 2.24) is 14.8 Å². The summed E-state index contributed by atoms with van der Waals surface area (Å²) in [4.78, 5) is 17.7. The second-order valence-corrected chi connectivity index (χ2v) is 6.79. The van der Waals surface area contributed by atoms with Crippen LogP contribution in [0.2, 0.25) is 10.0 Å². The number of halogens is 2. The first-order valence-electron chi connectivity index (χ1n) is 8.18. The number of aryl methyl sites for hydroxylation is 1. The molecule has 0 radical (unpaired) electrons. The van der Waals surface area contributed by atoms with E-state index < -0.39 is 0 Å². The average molecular weight is 397 g/mol. The third-order valence-electron chi connectivity index (χ3n) is 4.22. The van der Waals surface area contributed by atoms with Gasteiger partial charge in [0.15, 0.2) is 5.65 Å². The molecule has 0 fully saturated rings. The summed E-state index contributed by atoms with van der Waals surface area (Å²) in [6, 6.07) is 16.5. The minimum Gasteiger partial charge on any atom is -0.319 e. The van der Waals surface area contributed by atoms with Gasteiger partial charge >= 0.3 is 0 Å². The van der Waals surface area contributed by atoms with Crippen LogP contribution >= 0.6 is 23.2 Å². The predicted molar refractivity (Wildman–Crippen MR) is 108 cm³/mol. The van der Waals surface area contributed by atoms with E-state index in [0.717, 1.165) is 5.56 Å². The van der Waals surface area contributed by atoms with Gasteiger partial charge in [-0.05, 0) is 18.2 Å². The molecular weight excluding hydrogens is 383 g/mol. The highest BCUT2D eigenvalue weighted by Gasteiger charge is 2.18. The largest absolute Gasteiger partial charge is 0.319 e. The fourth-order valence-corrected chi connectivity index (χ4v) is 3.35. The van der Waals surface area contributed by atoms with Crippen LogP contribution in [-0.4, -0.2) is 20.7 Å². The number of rotatable bonds is 3. The van der Waals surface area contributed by atoms with Gasteiger partial charge in [-0.2, -0.15) is 5.10 Å². The van der Waals surface area contributed by atoms with Crippen LogP contribution in [0.15, 0.2) is 60.8 Å². The zero-order valence-corrected chi connectivity index (χ0v) is 15.8. The molecule has 2 aromatic carbocycles. The molecule has 2 aromatic heterocycles. The fraction of sp³-hybridized carbons (Fsp3) is 0.0500. The Morgan fingerprint density at radius 2 is 1.74 bits per heavy atom. The zero-order valence-electron chi connectivity index (χ0n) is 14.3. The molecule has 7 heteroatoms. The fourth-order valence-electron chi connectivity index (χ4n) is 2.86. The minimum absolute atomic E-state index is 0.331. The van der Waals surface area contributed by atoms with E-state index in [1.165, 1.54) is 0 Å². The molecule has 0 aliphatic rings. The number of fused-ring (bicyclic) bond motifs is 1. The quantitative estimate of drug-likeness (QED) is 0.517. The van der Waals surface area contributed by atoms with Gasteiger partial charge in [-0.25, -0.2) is 4.98 Å². The van der Waals surface area contributed by atoms with Crippen molar-refractivity contribution in [3.63, 3.8) is 0 Å². The number of carbonyl (C=O) groups is 1. The molecule has 0 saturated carbocycles. The highest BCUT2D eigenvalue weighted by Crippen LogP contribution is 2.31. The van der Waals surface area contributed by atoms with Crippen molar-refractivity contribution in [2.75, 3.05) is 5.32 Å². The lowest BCUT2D eigenvalue weighted by Crippen LogP contribution is -2.13. The zero-order chi connectivity index (χ0) is 19.0. The first-order valence-corrected chi connectivity index (χ1v) is 8.93. The number of amides is 1. The third-order valence-corrected chi connectivity index (χ3v) is 4.85. The maximum absolute atomic E-state index is 13.0. The molecule has 0 atom stereocenters. The highest BCUT2D eigenvalue weighted by atomic mass is 35.5. The molecule has 0 aliphatic heterocycles. The van der Waals surface area contributed by atoms with Gasteiger partial charge in [0, 0.05) is 12.6 Å². The molecule has 2 heterocycles. The molecule has 0 bridgehead atoms. The molecular formula is C20H14Cl2N4O. The van der Waals surface area contributed by atoms with E-state index in [0.29, 0.717) is 38.0 Å². The van der Waals surface area contributed by atoms with Crippen LogP contribution in [0.25, 0.3) is 22.3 Å². The Kier molecular flexibility index (Phi) is 4.56. The number of hydrogen-bond donors (Lipinski definition) is 1. The average Bonchev–Trinajstić information content (AvgIpc) is 3.06. The molecule has 134 valence electrons. The Labute approximate surface area is 165 Å². The third kappa shape index (κ3) is 3.27. The first-order chi connectivity index (χ1) is 13.0. The Morgan fingerprint density at radius 3 is 2.44 bits per heavy atom. The van der Waals surface area contributed by atoms with Gasteiger partial charge < -0.3 is 5.32 Å². The van der Waals surface area contributed by atoms with E-state index in [4.69, 9.17) is 23.2 Å². The summed E-state index contributed by atoms with van der Waals surface area (Å²) in [5, 5.41) is 8.44. The number of pyridine rings is 1. The molecule has 0 spiro atoms. The van der Waals surface area contributed by atoms with Crippen molar-refractivity contribution in [2.24, 2.45) is 7.05 Å². The highest BCUT2D eigenvalue weighted by molar-refractivity contribution is 6.40. The predicted octanol–water partition coefficient (Wildman–Crippen LogP) is 5.19. The Bertz CT molecular complexity index is 1140. The summed E-state index contributed by atoms with van der Waals surface area (Å²) in [5.74, 6) is -0.331. The topological polar surface area (TPSA) is 59.8 Å². The summed E-state index contributed by atoms with van der Waals surface area (Å²) < 4.78 is 1.64. The Balaban J connectivity index is 1.84. The molecule has 4 aromatic rings. The standard InChI is InChI=1S/C20H14Cl2N4O/c1-26-19-14(11-23-26)13(10-17(24-19)12-6-3-2-4-7-12)20(27)25-18-15(21)8-5-9-16(18)22/h2-11H,1H3,(H,25,27). The Morgan fingerprint density at radius 1 is 1.04 bits per heavy atom. The number of hydrogen-bond acceptors (Lipinski definition) is 3. The second-order valence-electron chi connectivity index (χ2n) is 5.98. The molecule has 0 unspecified atom stereocenters. The van der Waals surface area contributed by atoms with Gasteiger partial charge in [0.1, 0.15) is 0 Å². The maximum Gasteiger partial charge on any atom is 0.256 e. The van der Waals surface area contributed by atoms with E-state index in [2.05, 4.69) is 15.4 Å². The SMILES string of the molecule is Cn1ncc2c(C(=O)Nc3c(Cl)cccc3Cl)cc(-c3ccccc3)nc21. The van der Waals surface area contributed by atoms with E-state index in [1.54, 1.807) is 42.2 Å². The molecule has 1 amide bonds. The summed E-state index contributed by atoms with van der Waals surface area (Å²) in [5.41, 5.74) is 3.03. The van der Waals surface area contributed by atoms with Crippen LogP contribution < -0.4 is 5.32 Å². The van der Waals surface area contributed by atoms with Crippen molar-refractivity contribution in [1.29, 1.82) is 0 Å². The van der Waals surface area contributed by atoms with Gasteiger partial charge in [0.05, 0.1) is 38.6 Å². The molecule has 0 aliphatic carbocycles. The van der Waals surface area contributed by atoms with E-state index >= 15 is 0 Å². The molecule has 27 heavy (non-hydrogen) atoms. The van der Waals surface area contributed by atoms with Crippen molar-refractivity contribution < 1.29 is 4.79 Å². The Hall–Kier alpha value is -2.89. The summed E-state index contributed by atoms with van der Waals surface area (Å²) in [7, 11) is 1.79. The summed E-state index contributed by atoms with van der Waals surface area (Å²) >= 11 is 12.4. The lowest BCUT2D eigenvalue weighted by molar-refractivity contribution is 0.102. The maximum atomic E-state index is 13.0. The van der Waals surface area contributed by atoms with Gasteiger partial charge in [0.2, 0.25) is 0 Å². The summed E-state index contributed by atoms with van der Waals surface area (Å²) in [6.45, 7) is 0. The van der Waals surface area contributed by atoms with Crippen molar-refractivity contribution in [3.8, 4) is 11.3 Å². The number of carbonyl (C=O) groups excluding carboxylic acids is 1. The number of nitrogens with one attached hydrogen (secondary N) is 1. The molecule has 4 rings (SSSR count). The van der Waals surface area contributed by atoms with Crippen LogP contribution in [0.4, 0.5) is 5.69 Å². The van der Waals surface area contributed by atoms with Crippen LogP contribution in [0.5, 0.6) is 0 Å². The monoisotopic (exact) mass is 396 g/mol. The summed E-state index contributed by atoms with van der Waals surface area (Å²) in [6.07, 6.45) is 1.63. The molecule has 1 N–H and O–H groups in total. The lowest BCUT2D eigenvalue weighted by atomic mass is 10.1. The smallest absolute Gasteiger partial charge is 0.256 e. The second kappa shape index (κ2) is 7.02. The van der Waals surface area contributed by atoms with Gasteiger partial charge in [0.25, 0.3) is 5.91 Å². The molecule has 5 nitrogen and oxygen atoms in total. The van der Waals surface area contributed by atoms with Gasteiger partial charge in [-0.1, -0.05) is 59.6 Å². The normalized spacial score (nSPS) is 10.9. The van der Waals surface area contributed by atoms with Crippen LogP contribution in [0, 0.1) is 0 Å². The number of para-hydroxylation sites is 1. The van der Waals surface area contributed by atoms with Crippen LogP contribution in [0.1, 0.15) is 10.4 Å².